The predicted octanol–water partition coefficient (Wildman–Crippen LogP) is 2.31. The van der Waals surface area contributed by atoms with E-state index in [4.69, 9.17) is 5.11 Å². The van der Waals surface area contributed by atoms with Gasteiger partial charge in [-0.1, -0.05) is 0 Å². The number of carbonyl (C=O) groups excluding carboxylic acids is 1. The fourth-order valence-corrected chi connectivity index (χ4v) is 2.37. The van der Waals surface area contributed by atoms with Gasteiger partial charge in [0.2, 0.25) is 0 Å². The third kappa shape index (κ3) is 3.33. The van der Waals surface area contributed by atoms with E-state index in [0.717, 1.165) is 12.6 Å². The largest absolute Gasteiger partial charge is 0.478 e. The smallest absolute Gasteiger partial charge is 0.328 e. The number of aryl methyl sites for hydroxylation is 1. The van der Waals surface area contributed by atoms with Gasteiger partial charge in [-0.15, -0.1) is 11.3 Å². The van der Waals surface area contributed by atoms with Crippen molar-refractivity contribution in [2.24, 2.45) is 0 Å². The Labute approximate surface area is 119 Å². The van der Waals surface area contributed by atoms with Crippen LogP contribution in [0, 0.1) is 0 Å². The number of carboxylic acids is 1. The van der Waals surface area contributed by atoms with Gasteiger partial charge in [0.15, 0.2) is 0 Å². The molecule has 0 unspecified atom stereocenters. The second-order valence-corrected chi connectivity index (χ2v) is 4.83. The quantitative estimate of drug-likeness (QED) is 0.828. The van der Waals surface area contributed by atoms with Gasteiger partial charge in [-0.2, -0.15) is 5.10 Å². The molecule has 0 atom stereocenters. The van der Waals surface area contributed by atoms with Crippen LogP contribution in [0.15, 0.2) is 29.9 Å². The number of aliphatic carboxylic acids is 1. The van der Waals surface area contributed by atoms with Crippen LogP contribution < -0.4 is 5.32 Å². The highest BCUT2D eigenvalue weighted by atomic mass is 32.1. The molecule has 0 spiro atoms. The fourth-order valence-electron chi connectivity index (χ4n) is 1.58. The van der Waals surface area contributed by atoms with Gasteiger partial charge in [0, 0.05) is 18.8 Å². The average Bonchev–Trinajstić information content (AvgIpc) is 3.04. The monoisotopic (exact) mass is 291 g/mol. The van der Waals surface area contributed by atoms with Crippen LogP contribution in [0.2, 0.25) is 0 Å². The van der Waals surface area contributed by atoms with Crippen LogP contribution in [0.25, 0.3) is 6.08 Å². The molecule has 2 heterocycles. The van der Waals surface area contributed by atoms with Crippen molar-refractivity contribution in [3.05, 3.63) is 40.4 Å². The molecule has 2 N–H and O–H groups in total. The molecule has 0 aliphatic carbocycles. The summed E-state index contributed by atoms with van der Waals surface area (Å²) in [6.07, 6.45) is 5.72. The lowest BCUT2D eigenvalue weighted by Gasteiger charge is -2.01. The number of nitrogens with one attached hydrogen (secondary N) is 1. The molecule has 0 saturated carbocycles. The van der Waals surface area contributed by atoms with E-state index >= 15 is 0 Å². The Morgan fingerprint density at radius 3 is 3.00 bits per heavy atom. The van der Waals surface area contributed by atoms with E-state index in [1.54, 1.807) is 28.5 Å². The molecule has 20 heavy (non-hydrogen) atoms. The second-order valence-electron chi connectivity index (χ2n) is 3.92. The minimum atomic E-state index is -1.05. The minimum Gasteiger partial charge on any atom is -0.478 e. The van der Waals surface area contributed by atoms with E-state index < -0.39 is 5.97 Å². The molecule has 0 aromatic carbocycles. The van der Waals surface area contributed by atoms with Crippen molar-refractivity contribution >= 4 is 35.0 Å². The summed E-state index contributed by atoms with van der Waals surface area (Å²) < 4.78 is 1.70. The lowest BCUT2D eigenvalue weighted by Crippen LogP contribution is -2.10. The first-order valence-electron chi connectivity index (χ1n) is 5.92. The summed E-state index contributed by atoms with van der Waals surface area (Å²) in [5.41, 5.74) is 1.19. The van der Waals surface area contributed by atoms with Crippen LogP contribution in [0.3, 0.4) is 0 Å². The first-order valence-corrected chi connectivity index (χ1v) is 6.80. The zero-order valence-corrected chi connectivity index (χ0v) is 11.6. The van der Waals surface area contributed by atoms with Crippen molar-refractivity contribution in [3.63, 3.8) is 0 Å². The Morgan fingerprint density at radius 2 is 2.35 bits per heavy atom. The van der Waals surface area contributed by atoms with Gasteiger partial charge in [-0.05, 0) is 30.0 Å². The lowest BCUT2D eigenvalue weighted by molar-refractivity contribution is -0.131. The minimum absolute atomic E-state index is 0.277. The Hall–Kier alpha value is -2.41. The molecule has 6 nitrogen and oxygen atoms in total. The van der Waals surface area contributed by atoms with Gasteiger partial charge in [-0.25, -0.2) is 4.79 Å². The molecule has 2 aromatic heterocycles. The number of nitrogens with zero attached hydrogens (tertiary/aromatic N) is 2. The maximum absolute atomic E-state index is 12.1. The van der Waals surface area contributed by atoms with Crippen LogP contribution in [0.4, 0.5) is 5.69 Å². The molecule has 0 aliphatic heterocycles. The zero-order chi connectivity index (χ0) is 14.5. The Morgan fingerprint density at radius 1 is 1.55 bits per heavy atom. The maximum atomic E-state index is 12.1. The molecule has 0 saturated heterocycles. The molecular weight excluding hydrogens is 278 g/mol. The third-order valence-corrected chi connectivity index (χ3v) is 3.45. The normalized spacial score (nSPS) is 10.8. The van der Waals surface area contributed by atoms with Crippen molar-refractivity contribution in [1.29, 1.82) is 0 Å². The van der Waals surface area contributed by atoms with Crippen molar-refractivity contribution < 1.29 is 14.7 Å². The van der Waals surface area contributed by atoms with Crippen LogP contribution in [0.5, 0.6) is 0 Å². The van der Waals surface area contributed by atoms with Crippen molar-refractivity contribution in [2.75, 3.05) is 5.32 Å². The number of amides is 1. The van der Waals surface area contributed by atoms with Gasteiger partial charge in [0.1, 0.15) is 0 Å². The first kappa shape index (κ1) is 14.0. The molecular formula is C13H13N3O3S. The molecule has 104 valence electrons. The van der Waals surface area contributed by atoms with E-state index in [-0.39, 0.29) is 5.91 Å². The summed E-state index contributed by atoms with van der Waals surface area (Å²) in [6.45, 7) is 2.67. The summed E-state index contributed by atoms with van der Waals surface area (Å²) in [4.78, 5) is 23.1. The molecule has 7 heteroatoms. The fraction of sp³-hybridized carbons (Fsp3) is 0.154. The molecule has 0 radical (unpaired) electrons. The Kier molecular flexibility index (Phi) is 4.31. The number of carboxylic acid groups (broad SMARTS) is 1. The van der Waals surface area contributed by atoms with E-state index in [2.05, 4.69) is 10.4 Å². The summed E-state index contributed by atoms with van der Waals surface area (Å²) in [6, 6.07) is 1.70. The van der Waals surface area contributed by atoms with E-state index in [1.807, 2.05) is 6.92 Å². The number of aromatic nitrogens is 2. The molecule has 1 amide bonds. The number of carbonyl (C=O) groups is 2. The van der Waals surface area contributed by atoms with Crippen LogP contribution in [-0.2, 0) is 11.3 Å². The lowest BCUT2D eigenvalue weighted by atomic mass is 10.2. The summed E-state index contributed by atoms with van der Waals surface area (Å²) >= 11 is 1.26. The van der Waals surface area contributed by atoms with Gasteiger partial charge < -0.3 is 10.4 Å². The number of rotatable bonds is 5. The molecule has 2 rings (SSSR count). The van der Waals surface area contributed by atoms with Crippen LogP contribution in [0.1, 0.15) is 22.2 Å². The standard InChI is InChI=1S/C13H13N3O3S/c1-2-16-8-10(7-14-16)15-13(19)12-9(5-6-20-12)3-4-11(17)18/h3-8H,2H2,1H3,(H,15,19)(H,17,18). The summed E-state index contributed by atoms with van der Waals surface area (Å²) in [7, 11) is 0. The van der Waals surface area contributed by atoms with Crippen LogP contribution in [-0.4, -0.2) is 26.8 Å². The number of thiophene rings is 1. The Bertz CT molecular complexity index is 657. The molecule has 2 aromatic rings. The topological polar surface area (TPSA) is 84.2 Å². The van der Waals surface area contributed by atoms with E-state index in [0.29, 0.717) is 16.1 Å². The zero-order valence-electron chi connectivity index (χ0n) is 10.7. The number of hydrogen-bond acceptors (Lipinski definition) is 4. The summed E-state index contributed by atoms with van der Waals surface area (Å²) in [5, 5.41) is 17.2. The first-order chi connectivity index (χ1) is 9.60. The molecule has 0 bridgehead atoms. The van der Waals surface area contributed by atoms with E-state index in [1.165, 1.54) is 17.4 Å². The van der Waals surface area contributed by atoms with E-state index in [9.17, 15) is 9.59 Å². The Balaban J connectivity index is 2.13. The van der Waals surface area contributed by atoms with Crippen LogP contribution >= 0.6 is 11.3 Å². The van der Waals surface area contributed by atoms with Crippen molar-refractivity contribution in [2.45, 2.75) is 13.5 Å². The average molecular weight is 291 g/mol. The van der Waals surface area contributed by atoms with Crippen molar-refractivity contribution in [3.8, 4) is 0 Å². The van der Waals surface area contributed by atoms with Gasteiger partial charge in [-0.3, -0.25) is 9.48 Å². The maximum Gasteiger partial charge on any atom is 0.328 e. The highest BCUT2D eigenvalue weighted by Gasteiger charge is 2.12. The highest BCUT2D eigenvalue weighted by molar-refractivity contribution is 7.12. The van der Waals surface area contributed by atoms with Crippen molar-refractivity contribution in [1.82, 2.24) is 9.78 Å². The summed E-state index contributed by atoms with van der Waals surface area (Å²) in [5.74, 6) is -1.33. The second kappa shape index (κ2) is 6.16. The van der Waals surface area contributed by atoms with Gasteiger partial charge in [0.05, 0.1) is 16.8 Å². The predicted molar refractivity (Wildman–Crippen MR) is 76.8 cm³/mol. The SMILES string of the molecule is CCn1cc(NC(=O)c2sccc2C=CC(=O)O)cn1. The van der Waals surface area contributed by atoms with Gasteiger partial charge in [0.25, 0.3) is 5.91 Å². The number of anilines is 1. The van der Waals surface area contributed by atoms with Gasteiger partial charge >= 0.3 is 5.97 Å². The highest BCUT2D eigenvalue weighted by Crippen LogP contribution is 2.20. The third-order valence-electron chi connectivity index (χ3n) is 2.52. The number of hydrogen-bond donors (Lipinski definition) is 2. The molecule has 0 fully saturated rings. The molecule has 0 aliphatic rings.